The molecular weight excluding hydrogens is 349 g/mol. The second-order valence-electron chi connectivity index (χ2n) is 6.15. The summed E-state index contributed by atoms with van der Waals surface area (Å²) in [5.41, 5.74) is -0.718. The maximum absolute atomic E-state index is 12.8. The van der Waals surface area contributed by atoms with Crippen LogP contribution in [0.15, 0.2) is 37.2 Å². The van der Waals surface area contributed by atoms with Gasteiger partial charge in [-0.25, -0.2) is 4.98 Å². The number of alkyl halides is 3. The van der Waals surface area contributed by atoms with E-state index in [2.05, 4.69) is 11.6 Å². The fourth-order valence-electron chi connectivity index (χ4n) is 2.99. The molecule has 26 heavy (non-hydrogen) atoms. The van der Waals surface area contributed by atoms with Crippen molar-refractivity contribution in [3.05, 3.63) is 48.4 Å². The topological polar surface area (TPSA) is 57.9 Å². The van der Waals surface area contributed by atoms with Crippen LogP contribution in [0.25, 0.3) is 5.65 Å². The average Bonchev–Trinajstić information content (AvgIpc) is 3.25. The molecule has 2 aromatic heterocycles. The number of rotatable bonds is 3. The highest BCUT2D eigenvalue weighted by Gasteiger charge is 2.32. The Labute approximate surface area is 147 Å². The van der Waals surface area contributed by atoms with Gasteiger partial charge in [0.2, 0.25) is 5.91 Å². The Hall–Kier alpha value is -2.84. The largest absolute Gasteiger partial charge is 0.416 e. The van der Waals surface area contributed by atoms with Crippen LogP contribution in [-0.4, -0.2) is 57.2 Å². The summed E-state index contributed by atoms with van der Waals surface area (Å²) in [6.45, 7) is 4.35. The zero-order chi connectivity index (χ0) is 19.1. The molecule has 2 amide bonds. The number of carbonyl (C=O) groups excluding carboxylic acids is 2. The number of hydrogen-bond donors (Lipinski definition) is 0. The molecule has 0 N–H and O–H groups in total. The minimum Gasteiger partial charge on any atom is -0.337 e. The first-order valence-electron chi connectivity index (χ1n) is 7.95. The molecule has 6 nitrogen and oxygen atoms in total. The molecule has 3 rings (SSSR count). The Bertz CT molecular complexity index is 875. The van der Waals surface area contributed by atoms with E-state index in [0.29, 0.717) is 19.5 Å². The number of aromatic nitrogens is 2. The summed E-state index contributed by atoms with van der Waals surface area (Å²) in [5, 5.41) is 0. The summed E-state index contributed by atoms with van der Waals surface area (Å²) in [7, 11) is 1.60. The first kappa shape index (κ1) is 18.0. The third kappa shape index (κ3) is 3.29. The molecule has 0 spiro atoms. The van der Waals surface area contributed by atoms with Gasteiger partial charge in [0.1, 0.15) is 11.3 Å². The number of likely N-dealkylation sites (tertiary alicyclic amines) is 1. The van der Waals surface area contributed by atoms with Crippen LogP contribution in [0.3, 0.4) is 0 Å². The van der Waals surface area contributed by atoms with Gasteiger partial charge in [-0.1, -0.05) is 6.58 Å². The molecule has 1 fully saturated rings. The maximum Gasteiger partial charge on any atom is 0.416 e. The van der Waals surface area contributed by atoms with Gasteiger partial charge < -0.3 is 14.2 Å². The number of pyridine rings is 1. The molecule has 0 aliphatic carbocycles. The van der Waals surface area contributed by atoms with Crippen molar-refractivity contribution in [1.82, 2.24) is 19.2 Å². The number of carbonyl (C=O) groups is 2. The van der Waals surface area contributed by atoms with Gasteiger partial charge in [-0.3, -0.25) is 9.59 Å². The second kappa shape index (κ2) is 6.47. The molecule has 1 aliphatic rings. The van der Waals surface area contributed by atoms with E-state index in [-0.39, 0.29) is 23.3 Å². The highest BCUT2D eigenvalue weighted by molar-refractivity contribution is 5.93. The van der Waals surface area contributed by atoms with Crippen molar-refractivity contribution in [3.8, 4) is 0 Å². The Morgan fingerprint density at radius 1 is 1.42 bits per heavy atom. The van der Waals surface area contributed by atoms with Gasteiger partial charge >= 0.3 is 6.18 Å². The third-order valence-electron chi connectivity index (χ3n) is 4.52. The standard InChI is InChI=1S/C17H17F3N4O2/c1-3-15(25)24-7-5-12(9-24)22(2)16(26)13-10-23-6-4-11(17(18,19)20)8-14(23)21-13/h3-4,6,8,10,12H,1,5,7,9H2,2H3/t12-/m0/s1. The third-order valence-corrected chi connectivity index (χ3v) is 4.52. The number of fused-ring (bicyclic) bond motifs is 1. The molecule has 0 saturated carbocycles. The predicted octanol–water partition coefficient (Wildman–Crippen LogP) is 2.21. The van der Waals surface area contributed by atoms with Crippen molar-refractivity contribution < 1.29 is 22.8 Å². The van der Waals surface area contributed by atoms with Crippen LogP contribution in [0.1, 0.15) is 22.5 Å². The van der Waals surface area contributed by atoms with Crippen LogP contribution in [0.2, 0.25) is 0 Å². The SMILES string of the molecule is C=CC(=O)N1CC[C@H](N(C)C(=O)c2cn3ccc(C(F)(F)F)cc3n2)C1. The predicted molar refractivity (Wildman–Crippen MR) is 87.5 cm³/mol. The zero-order valence-corrected chi connectivity index (χ0v) is 14.0. The number of hydrogen-bond acceptors (Lipinski definition) is 3. The maximum atomic E-state index is 12.8. The highest BCUT2D eigenvalue weighted by atomic mass is 19.4. The Kier molecular flexibility index (Phi) is 4.47. The van der Waals surface area contributed by atoms with E-state index in [1.165, 1.54) is 27.8 Å². The number of likely N-dealkylation sites (N-methyl/N-ethyl adjacent to an activating group) is 1. The fraction of sp³-hybridized carbons (Fsp3) is 0.353. The van der Waals surface area contributed by atoms with Gasteiger partial charge in [-0.15, -0.1) is 0 Å². The molecular formula is C17H17F3N4O2. The van der Waals surface area contributed by atoms with Crippen molar-refractivity contribution in [1.29, 1.82) is 0 Å². The van der Waals surface area contributed by atoms with E-state index >= 15 is 0 Å². The highest BCUT2D eigenvalue weighted by Crippen LogP contribution is 2.29. The van der Waals surface area contributed by atoms with E-state index in [1.807, 2.05) is 0 Å². The lowest BCUT2D eigenvalue weighted by atomic mass is 10.2. The molecule has 0 radical (unpaired) electrons. The minimum atomic E-state index is -4.47. The van der Waals surface area contributed by atoms with Gasteiger partial charge in [-0.05, 0) is 24.6 Å². The fourth-order valence-corrected chi connectivity index (χ4v) is 2.99. The van der Waals surface area contributed by atoms with Gasteiger partial charge in [-0.2, -0.15) is 13.2 Å². The van der Waals surface area contributed by atoms with Crippen molar-refractivity contribution in [2.24, 2.45) is 0 Å². The van der Waals surface area contributed by atoms with Crippen LogP contribution in [0.5, 0.6) is 0 Å². The van der Waals surface area contributed by atoms with Gasteiger partial charge in [0.05, 0.1) is 11.6 Å². The second-order valence-corrected chi connectivity index (χ2v) is 6.15. The van der Waals surface area contributed by atoms with Crippen molar-refractivity contribution >= 4 is 17.5 Å². The van der Waals surface area contributed by atoms with Gasteiger partial charge in [0, 0.05) is 32.5 Å². The number of halogens is 3. The Morgan fingerprint density at radius 2 is 2.15 bits per heavy atom. The molecule has 0 bridgehead atoms. The van der Waals surface area contributed by atoms with Gasteiger partial charge in [0.25, 0.3) is 5.91 Å². The summed E-state index contributed by atoms with van der Waals surface area (Å²) in [4.78, 5) is 31.4. The quantitative estimate of drug-likeness (QED) is 0.783. The van der Waals surface area contributed by atoms with Crippen LogP contribution in [-0.2, 0) is 11.0 Å². The van der Waals surface area contributed by atoms with Crippen LogP contribution in [0.4, 0.5) is 13.2 Å². The van der Waals surface area contributed by atoms with E-state index in [0.717, 1.165) is 12.1 Å². The number of amides is 2. The molecule has 9 heteroatoms. The Morgan fingerprint density at radius 3 is 2.81 bits per heavy atom. The molecule has 1 aliphatic heterocycles. The zero-order valence-electron chi connectivity index (χ0n) is 14.0. The van der Waals surface area contributed by atoms with E-state index in [1.54, 1.807) is 11.9 Å². The molecule has 0 unspecified atom stereocenters. The molecule has 3 heterocycles. The van der Waals surface area contributed by atoms with Crippen LogP contribution >= 0.6 is 0 Å². The minimum absolute atomic E-state index is 0.0476. The first-order valence-corrected chi connectivity index (χ1v) is 7.95. The van der Waals surface area contributed by atoms with Crippen molar-refractivity contribution in [3.63, 3.8) is 0 Å². The van der Waals surface area contributed by atoms with Crippen molar-refractivity contribution in [2.75, 3.05) is 20.1 Å². The lowest BCUT2D eigenvalue weighted by Crippen LogP contribution is -2.40. The monoisotopic (exact) mass is 366 g/mol. The summed E-state index contributed by atoms with van der Waals surface area (Å²) < 4.78 is 39.8. The molecule has 2 aromatic rings. The number of imidazole rings is 1. The first-order chi connectivity index (χ1) is 12.2. The average molecular weight is 366 g/mol. The summed E-state index contributed by atoms with van der Waals surface area (Å²) in [5.74, 6) is -0.596. The van der Waals surface area contributed by atoms with Crippen LogP contribution in [0, 0.1) is 0 Å². The lowest BCUT2D eigenvalue weighted by Gasteiger charge is -2.23. The summed E-state index contributed by atoms with van der Waals surface area (Å²) in [6.07, 6.45) is -0.00442. The van der Waals surface area contributed by atoms with Gasteiger partial charge in [0.15, 0.2) is 0 Å². The smallest absolute Gasteiger partial charge is 0.337 e. The van der Waals surface area contributed by atoms with Crippen LogP contribution < -0.4 is 0 Å². The van der Waals surface area contributed by atoms with E-state index < -0.39 is 17.6 Å². The summed E-state index contributed by atoms with van der Waals surface area (Å²) in [6, 6.07) is 1.65. The van der Waals surface area contributed by atoms with E-state index in [4.69, 9.17) is 0 Å². The Balaban J connectivity index is 1.79. The number of nitrogens with zero attached hydrogens (tertiary/aromatic N) is 4. The van der Waals surface area contributed by atoms with E-state index in [9.17, 15) is 22.8 Å². The molecule has 138 valence electrons. The molecule has 1 saturated heterocycles. The normalized spacial score (nSPS) is 17.5. The lowest BCUT2D eigenvalue weighted by molar-refractivity contribution is -0.137. The molecule has 1 atom stereocenters. The molecule has 0 aromatic carbocycles. The summed E-state index contributed by atoms with van der Waals surface area (Å²) >= 11 is 0. The van der Waals surface area contributed by atoms with Crippen molar-refractivity contribution in [2.45, 2.75) is 18.6 Å².